The zero-order chi connectivity index (χ0) is 11.5. The molecular formula is C11H9F2NOS. The van der Waals surface area contributed by atoms with Gasteiger partial charge >= 0.3 is 6.43 Å². The summed E-state index contributed by atoms with van der Waals surface area (Å²) in [6.07, 6.45) is 0.618. The van der Waals surface area contributed by atoms with Crippen LogP contribution in [-0.2, 0) is 0 Å². The van der Waals surface area contributed by atoms with E-state index >= 15 is 0 Å². The van der Waals surface area contributed by atoms with E-state index in [1.54, 1.807) is 11.8 Å². The molecule has 1 aromatic carbocycles. The van der Waals surface area contributed by atoms with E-state index < -0.39 is 12.3 Å². The number of aromatic nitrogens is 1. The van der Waals surface area contributed by atoms with Crippen molar-refractivity contribution in [1.29, 1.82) is 0 Å². The van der Waals surface area contributed by atoms with Crippen LogP contribution in [0.25, 0.3) is 11.3 Å². The standard InChI is InChI=1S/C11H9F2NOS/c1-16-8-4-2-7(3-5-8)9-6-14-11(15-9)10(12)13/h2-6,10H,1H3. The van der Waals surface area contributed by atoms with Crippen molar-refractivity contribution in [3.05, 3.63) is 36.4 Å². The number of benzene rings is 1. The number of hydrogen-bond donors (Lipinski definition) is 0. The molecule has 84 valence electrons. The predicted octanol–water partition coefficient (Wildman–Crippen LogP) is 4.00. The average molecular weight is 241 g/mol. The van der Waals surface area contributed by atoms with Crippen LogP contribution in [0.15, 0.2) is 39.8 Å². The van der Waals surface area contributed by atoms with Crippen molar-refractivity contribution in [2.24, 2.45) is 0 Å². The fourth-order valence-corrected chi connectivity index (χ4v) is 1.69. The number of nitrogens with zero attached hydrogens (tertiary/aromatic N) is 1. The van der Waals surface area contributed by atoms with Gasteiger partial charge in [-0.3, -0.25) is 0 Å². The van der Waals surface area contributed by atoms with Crippen molar-refractivity contribution in [2.45, 2.75) is 11.3 Å². The van der Waals surface area contributed by atoms with Crippen molar-refractivity contribution in [3.8, 4) is 11.3 Å². The highest BCUT2D eigenvalue weighted by Crippen LogP contribution is 2.26. The van der Waals surface area contributed by atoms with Gasteiger partial charge in [0.25, 0.3) is 5.89 Å². The van der Waals surface area contributed by atoms with Crippen LogP contribution in [0, 0.1) is 0 Å². The number of oxazole rings is 1. The molecule has 0 aliphatic rings. The van der Waals surface area contributed by atoms with E-state index in [2.05, 4.69) is 4.98 Å². The Hall–Kier alpha value is -1.36. The third kappa shape index (κ3) is 2.24. The molecule has 5 heteroatoms. The van der Waals surface area contributed by atoms with Crippen LogP contribution in [0.5, 0.6) is 0 Å². The van der Waals surface area contributed by atoms with Crippen LogP contribution < -0.4 is 0 Å². The van der Waals surface area contributed by atoms with Crippen molar-refractivity contribution in [3.63, 3.8) is 0 Å². The smallest absolute Gasteiger partial charge is 0.313 e. The molecule has 0 fully saturated rings. The molecule has 2 rings (SSSR count). The summed E-state index contributed by atoms with van der Waals surface area (Å²) in [5.41, 5.74) is 0.747. The van der Waals surface area contributed by atoms with E-state index in [1.807, 2.05) is 30.5 Å². The summed E-state index contributed by atoms with van der Waals surface area (Å²) in [5, 5.41) is 0. The maximum atomic E-state index is 12.3. The summed E-state index contributed by atoms with van der Waals surface area (Å²) in [7, 11) is 0. The molecule has 1 heterocycles. The van der Waals surface area contributed by atoms with E-state index in [9.17, 15) is 8.78 Å². The molecule has 0 radical (unpaired) electrons. The largest absolute Gasteiger partial charge is 0.435 e. The molecule has 2 aromatic rings. The van der Waals surface area contributed by atoms with Crippen LogP contribution in [0.3, 0.4) is 0 Å². The van der Waals surface area contributed by atoms with Gasteiger partial charge in [0, 0.05) is 10.5 Å². The Bertz CT molecular complexity index is 467. The lowest BCUT2D eigenvalue weighted by Crippen LogP contribution is -1.80. The zero-order valence-electron chi connectivity index (χ0n) is 8.48. The number of rotatable bonds is 3. The minimum absolute atomic E-state index is 0.364. The van der Waals surface area contributed by atoms with Gasteiger partial charge < -0.3 is 4.42 Å². The molecule has 2 nitrogen and oxygen atoms in total. The summed E-state index contributed by atoms with van der Waals surface area (Å²) in [5.74, 6) is -0.174. The van der Waals surface area contributed by atoms with Gasteiger partial charge in [-0.05, 0) is 18.4 Å². The normalized spacial score (nSPS) is 11.0. The van der Waals surface area contributed by atoms with E-state index in [0.29, 0.717) is 5.76 Å². The van der Waals surface area contributed by atoms with Gasteiger partial charge in [0.05, 0.1) is 6.20 Å². The third-order valence-corrected chi connectivity index (χ3v) is 2.83. The van der Waals surface area contributed by atoms with E-state index in [0.717, 1.165) is 10.5 Å². The van der Waals surface area contributed by atoms with Crippen molar-refractivity contribution < 1.29 is 13.2 Å². The second kappa shape index (κ2) is 4.65. The Kier molecular flexibility index (Phi) is 3.24. The fourth-order valence-electron chi connectivity index (χ4n) is 1.28. The van der Waals surface area contributed by atoms with Gasteiger partial charge in [-0.25, -0.2) is 4.98 Å². The molecular weight excluding hydrogens is 232 g/mol. The molecule has 0 saturated heterocycles. The van der Waals surface area contributed by atoms with Gasteiger partial charge in [0.1, 0.15) is 0 Å². The van der Waals surface area contributed by atoms with Crippen LogP contribution in [0.2, 0.25) is 0 Å². The van der Waals surface area contributed by atoms with Gasteiger partial charge in [-0.15, -0.1) is 11.8 Å². The van der Waals surface area contributed by atoms with Crippen molar-refractivity contribution in [1.82, 2.24) is 4.98 Å². The van der Waals surface area contributed by atoms with Crippen molar-refractivity contribution in [2.75, 3.05) is 6.26 Å². The summed E-state index contributed by atoms with van der Waals surface area (Å²) >= 11 is 1.62. The first kappa shape index (κ1) is 11.1. The van der Waals surface area contributed by atoms with Gasteiger partial charge in [-0.1, -0.05) is 12.1 Å². The van der Waals surface area contributed by atoms with Gasteiger partial charge in [0.2, 0.25) is 0 Å². The Labute approximate surface area is 95.7 Å². The molecule has 0 bridgehead atoms. The van der Waals surface area contributed by atoms with E-state index in [1.165, 1.54) is 6.20 Å². The van der Waals surface area contributed by atoms with Gasteiger partial charge in [0.15, 0.2) is 5.76 Å². The maximum Gasteiger partial charge on any atom is 0.313 e. The number of halogens is 2. The van der Waals surface area contributed by atoms with Crippen LogP contribution >= 0.6 is 11.8 Å². The molecule has 0 unspecified atom stereocenters. The summed E-state index contributed by atoms with van der Waals surface area (Å²) in [6, 6.07) is 7.46. The van der Waals surface area contributed by atoms with Crippen LogP contribution in [-0.4, -0.2) is 11.2 Å². The summed E-state index contributed by atoms with van der Waals surface area (Å²) < 4.78 is 29.4. The molecule has 0 aliphatic carbocycles. The SMILES string of the molecule is CSc1ccc(-c2cnc(C(F)F)o2)cc1. The van der Waals surface area contributed by atoms with E-state index in [-0.39, 0.29) is 0 Å². The minimum atomic E-state index is -2.67. The molecule has 16 heavy (non-hydrogen) atoms. The topological polar surface area (TPSA) is 26.0 Å². The maximum absolute atomic E-state index is 12.3. The average Bonchev–Trinajstić information content (AvgIpc) is 2.78. The zero-order valence-corrected chi connectivity index (χ0v) is 9.30. The lowest BCUT2D eigenvalue weighted by molar-refractivity contribution is 0.116. The quantitative estimate of drug-likeness (QED) is 0.759. The second-order valence-electron chi connectivity index (χ2n) is 3.09. The van der Waals surface area contributed by atoms with Gasteiger partial charge in [-0.2, -0.15) is 8.78 Å². The monoisotopic (exact) mass is 241 g/mol. The Morgan fingerprint density at radius 1 is 1.25 bits per heavy atom. The van der Waals surface area contributed by atoms with Crippen LogP contribution in [0.4, 0.5) is 8.78 Å². The highest BCUT2D eigenvalue weighted by molar-refractivity contribution is 7.98. The van der Waals surface area contributed by atoms with Crippen LogP contribution in [0.1, 0.15) is 12.3 Å². The van der Waals surface area contributed by atoms with Crippen molar-refractivity contribution >= 4 is 11.8 Å². The second-order valence-corrected chi connectivity index (χ2v) is 3.97. The summed E-state index contributed by atoms with van der Waals surface area (Å²) in [4.78, 5) is 4.62. The number of hydrogen-bond acceptors (Lipinski definition) is 3. The fraction of sp³-hybridized carbons (Fsp3) is 0.182. The first-order valence-electron chi connectivity index (χ1n) is 4.59. The molecule has 1 aromatic heterocycles. The summed E-state index contributed by atoms with van der Waals surface area (Å²) in [6.45, 7) is 0. The molecule has 0 spiro atoms. The Morgan fingerprint density at radius 3 is 2.44 bits per heavy atom. The highest BCUT2D eigenvalue weighted by Gasteiger charge is 2.14. The number of alkyl halides is 2. The minimum Gasteiger partial charge on any atom is -0.435 e. The Balaban J connectivity index is 2.28. The molecule has 0 aliphatic heterocycles. The lowest BCUT2D eigenvalue weighted by Gasteiger charge is -1.98. The highest BCUT2D eigenvalue weighted by atomic mass is 32.2. The molecule has 0 N–H and O–H groups in total. The molecule has 0 saturated carbocycles. The Morgan fingerprint density at radius 2 is 1.94 bits per heavy atom. The lowest BCUT2D eigenvalue weighted by atomic mass is 10.2. The number of thioether (sulfide) groups is 1. The first-order chi connectivity index (χ1) is 7.70. The third-order valence-electron chi connectivity index (χ3n) is 2.08. The molecule has 0 amide bonds. The van der Waals surface area contributed by atoms with E-state index in [4.69, 9.17) is 4.42 Å². The first-order valence-corrected chi connectivity index (χ1v) is 5.81. The molecule has 0 atom stereocenters. The predicted molar refractivity (Wildman–Crippen MR) is 58.7 cm³/mol.